The zero-order valence-electron chi connectivity index (χ0n) is 10.6. The molecule has 0 unspecified atom stereocenters. The molecule has 2 aromatic carbocycles. The summed E-state index contributed by atoms with van der Waals surface area (Å²) in [6.07, 6.45) is 0. The standard InChI is InChI=1S/C15H15ClFNO/c1-10(18)12-3-2-4-13(8-12)19-9-11-5-6-15(17)14(16)7-11/h2-8,10H,9,18H2,1H3/t10-/m0/s1. The Morgan fingerprint density at radius 3 is 2.74 bits per heavy atom. The first-order valence-electron chi connectivity index (χ1n) is 5.98. The van der Waals surface area contributed by atoms with Gasteiger partial charge in [-0.05, 0) is 42.3 Å². The van der Waals surface area contributed by atoms with Crippen LogP contribution in [0.15, 0.2) is 42.5 Å². The first-order chi connectivity index (χ1) is 9.06. The molecule has 0 aliphatic heterocycles. The summed E-state index contributed by atoms with van der Waals surface area (Å²) >= 11 is 5.72. The Hall–Kier alpha value is -1.58. The Labute approximate surface area is 117 Å². The fourth-order valence-electron chi connectivity index (χ4n) is 1.68. The molecule has 2 rings (SSSR count). The number of benzene rings is 2. The van der Waals surface area contributed by atoms with E-state index in [0.29, 0.717) is 6.61 Å². The third-order valence-corrected chi connectivity index (χ3v) is 3.06. The largest absolute Gasteiger partial charge is 0.489 e. The van der Waals surface area contributed by atoms with Crippen LogP contribution in [-0.4, -0.2) is 0 Å². The van der Waals surface area contributed by atoms with Gasteiger partial charge < -0.3 is 10.5 Å². The molecular formula is C15H15ClFNO. The van der Waals surface area contributed by atoms with Gasteiger partial charge in [0.25, 0.3) is 0 Å². The van der Waals surface area contributed by atoms with Crippen LogP contribution in [-0.2, 0) is 6.61 Å². The van der Waals surface area contributed by atoms with Crippen LogP contribution in [0.25, 0.3) is 0 Å². The molecule has 19 heavy (non-hydrogen) atoms. The molecule has 0 radical (unpaired) electrons. The van der Waals surface area contributed by atoms with E-state index in [4.69, 9.17) is 22.1 Å². The molecule has 4 heteroatoms. The SMILES string of the molecule is C[C@H](N)c1cccc(OCc2ccc(F)c(Cl)c2)c1. The maximum Gasteiger partial charge on any atom is 0.141 e. The van der Waals surface area contributed by atoms with Crippen molar-refractivity contribution < 1.29 is 9.13 Å². The molecule has 100 valence electrons. The highest BCUT2D eigenvalue weighted by Crippen LogP contribution is 2.20. The summed E-state index contributed by atoms with van der Waals surface area (Å²) in [7, 11) is 0. The summed E-state index contributed by atoms with van der Waals surface area (Å²) in [6, 6.07) is 12.1. The van der Waals surface area contributed by atoms with Crippen molar-refractivity contribution in [3.05, 3.63) is 64.4 Å². The number of ether oxygens (including phenoxy) is 1. The third kappa shape index (κ3) is 3.69. The van der Waals surface area contributed by atoms with Crippen molar-refractivity contribution in [1.82, 2.24) is 0 Å². The van der Waals surface area contributed by atoms with Crippen LogP contribution in [0.2, 0.25) is 5.02 Å². The number of hydrogen-bond acceptors (Lipinski definition) is 2. The van der Waals surface area contributed by atoms with E-state index in [2.05, 4.69) is 0 Å². The van der Waals surface area contributed by atoms with Gasteiger partial charge in [0, 0.05) is 6.04 Å². The molecule has 0 amide bonds. The molecule has 0 saturated carbocycles. The molecule has 0 fully saturated rings. The monoisotopic (exact) mass is 279 g/mol. The summed E-state index contributed by atoms with van der Waals surface area (Å²) in [5.41, 5.74) is 7.64. The summed E-state index contributed by atoms with van der Waals surface area (Å²) in [5.74, 6) is 0.305. The topological polar surface area (TPSA) is 35.2 Å². The van der Waals surface area contributed by atoms with Crippen molar-refractivity contribution >= 4 is 11.6 Å². The summed E-state index contributed by atoms with van der Waals surface area (Å²) in [4.78, 5) is 0. The van der Waals surface area contributed by atoms with Crippen LogP contribution in [0, 0.1) is 5.82 Å². The van der Waals surface area contributed by atoms with Gasteiger partial charge in [0.1, 0.15) is 18.2 Å². The maximum absolute atomic E-state index is 13.0. The molecule has 0 saturated heterocycles. The predicted octanol–water partition coefficient (Wildman–Crippen LogP) is 4.08. The highest BCUT2D eigenvalue weighted by atomic mass is 35.5. The first kappa shape index (κ1) is 13.8. The number of nitrogens with two attached hydrogens (primary N) is 1. The van der Waals surface area contributed by atoms with Crippen molar-refractivity contribution in [2.75, 3.05) is 0 Å². The van der Waals surface area contributed by atoms with Gasteiger partial charge in [-0.25, -0.2) is 4.39 Å². The van der Waals surface area contributed by atoms with Gasteiger partial charge in [-0.1, -0.05) is 29.8 Å². The van der Waals surface area contributed by atoms with Gasteiger partial charge in [-0.2, -0.15) is 0 Å². The second-order valence-electron chi connectivity index (χ2n) is 4.40. The van der Waals surface area contributed by atoms with Gasteiger partial charge in [-0.15, -0.1) is 0 Å². The van der Waals surface area contributed by atoms with E-state index in [1.165, 1.54) is 6.07 Å². The molecule has 0 aliphatic carbocycles. The minimum atomic E-state index is -0.427. The molecule has 2 aromatic rings. The van der Waals surface area contributed by atoms with Gasteiger partial charge in [0.2, 0.25) is 0 Å². The lowest BCUT2D eigenvalue weighted by atomic mass is 10.1. The molecule has 1 atom stereocenters. The van der Waals surface area contributed by atoms with E-state index >= 15 is 0 Å². The predicted molar refractivity (Wildman–Crippen MR) is 74.8 cm³/mol. The van der Waals surface area contributed by atoms with Gasteiger partial charge in [0.15, 0.2) is 0 Å². The Bertz CT molecular complexity index is 572. The van der Waals surface area contributed by atoms with Gasteiger partial charge in [-0.3, -0.25) is 0 Å². The normalized spacial score (nSPS) is 12.2. The molecule has 0 aromatic heterocycles. The first-order valence-corrected chi connectivity index (χ1v) is 6.36. The van der Waals surface area contributed by atoms with E-state index < -0.39 is 5.82 Å². The van der Waals surface area contributed by atoms with Crippen LogP contribution in [0.5, 0.6) is 5.75 Å². The minimum Gasteiger partial charge on any atom is -0.489 e. The number of halogens is 2. The zero-order valence-corrected chi connectivity index (χ0v) is 11.3. The van der Waals surface area contributed by atoms with Crippen molar-refractivity contribution in [3.8, 4) is 5.75 Å². The number of hydrogen-bond donors (Lipinski definition) is 1. The molecular weight excluding hydrogens is 265 g/mol. The lowest BCUT2D eigenvalue weighted by Crippen LogP contribution is -2.05. The van der Waals surface area contributed by atoms with Crippen molar-refractivity contribution in [1.29, 1.82) is 0 Å². The second kappa shape index (κ2) is 6.04. The van der Waals surface area contributed by atoms with Crippen molar-refractivity contribution in [3.63, 3.8) is 0 Å². The Morgan fingerprint density at radius 2 is 2.05 bits per heavy atom. The van der Waals surface area contributed by atoms with E-state index in [0.717, 1.165) is 16.9 Å². The third-order valence-electron chi connectivity index (χ3n) is 2.77. The summed E-state index contributed by atoms with van der Waals surface area (Å²) in [6.45, 7) is 2.25. The minimum absolute atomic E-state index is 0.0381. The fourth-order valence-corrected chi connectivity index (χ4v) is 1.89. The van der Waals surface area contributed by atoms with Gasteiger partial charge >= 0.3 is 0 Å². The molecule has 0 aliphatic rings. The van der Waals surface area contributed by atoms with E-state index in [1.807, 2.05) is 31.2 Å². The van der Waals surface area contributed by atoms with Gasteiger partial charge in [0.05, 0.1) is 5.02 Å². The molecule has 2 N–H and O–H groups in total. The van der Waals surface area contributed by atoms with Crippen LogP contribution in [0.4, 0.5) is 4.39 Å². The molecule has 0 heterocycles. The lowest BCUT2D eigenvalue weighted by Gasteiger charge is -2.10. The maximum atomic E-state index is 13.0. The van der Waals surface area contributed by atoms with Crippen molar-refractivity contribution in [2.45, 2.75) is 19.6 Å². The van der Waals surface area contributed by atoms with Crippen molar-refractivity contribution in [2.24, 2.45) is 5.73 Å². The molecule has 0 bridgehead atoms. The second-order valence-corrected chi connectivity index (χ2v) is 4.81. The highest BCUT2D eigenvalue weighted by molar-refractivity contribution is 6.30. The summed E-state index contributed by atoms with van der Waals surface area (Å²) in [5, 5.41) is 0.102. The van der Waals surface area contributed by atoms with Crippen LogP contribution in [0.1, 0.15) is 24.1 Å². The van der Waals surface area contributed by atoms with E-state index in [9.17, 15) is 4.39 Å². The van der Waals surface area contributed by atoms with Crippen LogP contribution < -0.4 is 10.5 Å². The number of rotatable bonds is 4. The molecule has 0 spiro atoms. The van der Waals surface area contributed by atoms with E-state index in [1.54, 1.807) is 12.1 Å². The highest BCUT2D eigenvalue weighted by Gasteiger charge is 2.04. The Kier molecular flexibility index (Phi) is 4.40. The summed E-state index contributed by atoms with van der Waals surface area (Å²) < 4.78 is 18.7. The zero-order chi connectivity index (χ0) is 13.8. The van der Waals surface area contributed by atoms with E-state index in [-0.39, 0.29) is 11.1 Å². The lowest BCUT2D eigenvalue weighted by molar-refractivity contribution is 0.305. The smallest absolute Gasteiger partial charge is 0.141 e. The fraction of sp³-hybridized carbons (Fsp3) is 0.200. The average molecular weight is 280 g/mol. The quantitative estimate of drug-likeness (QED) is 0.915. The van der Waals surface area contributed by atoms with Crippen LogP contribution >= 0.6 is 11.6 Å². The molecule has 2 nitrogen and oxygen atoms in total. The van der Waals surface area contributed by atoms with Crippen LogP contribution in [0.3, 0.4) is 0 Å². The Balaban J connectivity index is 2.05. The average Bonchev–Trinajstić information content (AvgIpc) is 2.40. The Morgan fingerprint density at radius 1 is 1.26 bits per heavy atom.